The zero-order valence-electron chi connectivity index (χ0n) is 17.1. The van der Waals surface area contributed by atoms with Gasteiger partial charge in [-0.15, -0.1) is 0 Å². The van der Waals surface area contributed by atoms with Crippen molar-refractivity contribution in [1.29, 1.82) is 0 Å². The minimum Gasteiger partial charge on any atom is -0.348 e. The maximum absolute atomic E-state index is 5.72. The van der Waals surface area contributed by atoms with Crippen molar-refractivity contribution in [2.24, 2.45) is 0 Å². The Morgan fingerprint density at radius 3 is 2.61 bits per heavy atom. The summed E-state index contributed by atoms with van der Waals surface area (Å²) in [5.41, 5.74) is 8.41. The Kier molecular flexibility index (Phi) is 5.11. The number of nitrogens with one attached hydrogen (secondary N) is 2. The van der Waals surface area contributed by atoms with Gasteiger partial charge in [0.2, 0.25) is 0 Å². The molecule has 1 aliphatic heterocycles. The number of benzene rings is 2. The van der Waals surface area contributed by atoms with Crippen LogP contribution in [0.2, 0.25) is 0 Å². The molecule has 4 nitrogen and oxygen atoms in total. The molecule has 0 bridgehead atoms. The summed E-state index contributed by atoms with van der Waals surface area (Å²) in [6, 6.07) is 10.8. The normalized spacial score (nSPS) is 17.1. The van der Waals surface area contributed by atoms with Crippen molar-refractivity contribution in [2.45, 2.75) is 46.5 Å². The van der Waals surface area contributed by atoms with Crippen LogP contribution in [0.3, 0.4) is 0 Å². The van der Waals surface area contributed by atoms with Gasteiger partial charge in [-0.25, -0.2) is 4.98 Å². The highest BCUT2D eigenvalue weighted by Gasteiger charge is 2.25. The SMILES string of the molecule is Cc1ccc(NC(=S)N2CCC[C@H](c3nc4cc(C)c(C)cc4[nH]3)C2)cc1C. The third-order valence-corrected chi connectivity index (χ3v) is 6.33. The monoisotopic (exact) mass is 392 g/mol. The second-order valence-corrected chi connectivity index (χ2v) is 8.48. The van der Waals surface area contributed by atoms with Crippen LogP contribution < -0.4 is 5.32 Å². The molecule has 146 valence electrons. The van der Waals surface area contributed by atoms with Gasteiger partial charge in [0.15, 0.2) is 5.11 Å². The number of piperidine rings is 1. The molecule has 2 aromatic carbocycles. The molecular weight excluding hydrogens is 364 g/mol. The van der Waals surface area contributed by atoms with Gasteiger partial charge in [0.05, 0.1) is 11.0 Å². The van der Waals surface area contributed by atoms with Crippen LogP contribution in [-0.2, 0) is 0 Å². The van der Waals surface area contributed by atoms with Crippen LogP contribution in [0.5, 0.6) is 0 Å². The van der Waals surface area contributed by atoms with E-state index in [1.165, 1.54) is 22.3 Å². The predicted molar refractivity (Wildman–Crippen MR) is 121 cm³/mol. The molecule has 5 heteroatoms. The van der Waals surface area contributed by atoms with Crippen molar-refractivity contribution < 1.29 is 0 Å². The van der Waals surface area contributed by atoms with Gasteiger partial charge in [-0.3, -0.25) is 0 Å². The molecule has 2 N–H and O–H groups in total. The van der Waals surface area contributed by atoms with Crippen LogP contribution in [0.1, 0.15) is 46.8 Å². The number of aromatic amines is 1. The van der Waals surface area contributed by atoms with E-state index in [9.17, 15) is 0 Å². The minimum atomic E-state index is 0.376. The van der Waals surface area contributed by atoms with Crippen molar-refractivity contribution in [2.75, 3.05) is 18.4 Å². The first-order valence-corrected chi connectivity index (χ1v) is 10.4. The zero-order valence-corrected chi connectivity index (χ0v) is 17.9. The maximum atomic E-state index is 5.72. The molecule has 28 heavy (non-hydrogen) atoms. The average Bonchev–Trinajstić information content (AvgIpc) is 3.08. The van der Waals surface area contributed by atoms with Crippen LogP contribution >= 0.6 is 12.2 Å². The first-order chi connectivity index (χ1) is 13.4. The maximum Gasteiger partial charge on any atom is 0.173 e. The summed E-state index contributed by atoms with van der Waals surface area (Å²) in [7, 11) is 0. The Balaban J connectivity index is 1.49. The first-order valence-electron chi connectivity index (χ1n) is 10.0. The fourth-order valence-corrected chi connectivity index (χ4v) is 4.17. The largest absolute Gasteiger partial charge is 0.348 e. The van der Waals surface area contributed by atoms with Gasteiger partial charge in [0, 0.05) is 24.7 Å². The van der Waals surface area contributed by atoms with Crippen molar-refractivity contribution in [3.8, 4) is 0 Å². The molecule has 2 heterocycles. The molecular formula is C23H28N4S. The number of aromatic nitrogens is 2. The third kappa shape index (κ3) is 3.76. The Hall–Kier alpha value is -2.40. The van der Waals surface area contributed by atoms with Crippen LogP contribution in [0.25, 0.3) is 11.0 Å². The number of nitrogens with zero attached hydrogens (tertiary/aromatic N) is 2. The van der Waals surface area contributed by atoms with Gasteiger partial charge < -0.3 is 15.2 Å². The van der Waals surface area contributed by atoms with E-state index in [0.29, 0.717) is 5.92 Å². The van der Waals surface area contributed by atoms with E-state index in [4.69, 9.17) is 17.2 Å². The number of H-pyrrole nitrogens is 1. The van der Waals surface area contributed by atoms with Gasteiger partial charge >= 0.3 is 0 Å². The Bertz CT molecular complexity index is 998. The molecule has 1 fully saturated rings. The van der Waals surface area contributed by atoms with E-state index in [2.05, 4.69) is 73.2 Å². The molecule has 1 saturated heterocycles. The lowest BCUT2D eigenvalue weighted by Gasteiger charge is -2.33. The average molecular weight is 393 g/mol. The summed E-state index contributed by atoms with van der Waals surface area (Å²) in [5.74, 6) is 1.46. The number of imidazole rings is 1. The smallest absolute Gasteiger partial charge is 0.173 e. The molecule has 0 aliphatic carbocycles. The number of thiocarbonyl (C=S) groups is 1. The number of fused-ring (bicyclic) bond motifs is 1. The summed E-state index contributed by atoms with van der Waals surface area (Å²) in [4.78, 5) is 10.7. The van der Waals surface area contributed by atoms with Gasteiger partial charge in [0.1, 0.15) is 5.82 Å². The summed E-state index contributed by atoms with van der Waals surface area (Å²) in [6.07, 6.45) is 2.26. The molecule has 1 aliphatic rings. The highest BCUT2D eigenvalue weighted by atomic mass is 32.1. The van der Waals surface area contributed by atoms with E-state index in [1.54, 1.807) is 0 Å². The Labute approximate surface area is 172 Å². The number of anilines is 1. The second kappa shape index (κ2) is 7.55. The standard InChI is InChI=1S/C23H28N4S/c1-14-7-8-19(10-15(14)2)24-23(28)27-9-5-6-18(13-27)22-25-20-11-16(3)17(4)12-21(20)26-22/h7-8,10-12,18H,5-6,9,13H2,1-4H3,(H,24,28)(H,25,26)/t18-/m0/s1. The van der Waals surface area contributed by atoms with Crippen molar-refractivity contribution in [1.82, 2.24) is 14.9 Å². The summed E-state index contributed by atoms with van der Waals surface area (Å²) < 4.78 is 0. The molecule has 0 spiro atoms. The molecule has 0 saturated carbocycles. The zero-order chi connectivity index (χ0) is 19.8. The number of hydrogen-bond acceptors (Lipinski definition) is 2. The molecule has 1 aromatic heterocycles. The van der Waals surface area contributed by atoms with Crippen LogP contribution in [0, 0.1) is 27.7 Å². The van der Waals surface area contributed by atoms with Crippen LogP contribution in [0.15, 0.2) is 30.3 Å². The topological polar surface area (TPSA) is 44.0 Å². The van der Waals surface area contributed by atoms with Crippen molar-refractivity contribution >= 4 is 34.1 Å². The van der Waals surface area contributed by atoms with E-state index < -0.39 is 0 Å². The lowest BCUT2D eigenvalue weighted by Crippen LogP contribution is -2.41. The predicted octanol–water partition coefficient (Wildman–Crippen LogP) is 5.37. The number of likely N-dealkylation sites (tertiary alicyclic amines) is 1. The molecule has 4 rings (SSSR count). The number of hydrogen-bond donors (Lipinski definition) is 2. The van der Waals surface area contributed by atoms with E-state index in [-0.39, 0.29) is 0 Å². The van der Waals surface area contributed by atoms with Gasteiger partial charge in [-0.1, -0.05) is 6.07 Å². The van der Waals surface area contributed by atoms with Crippen LogP contribution in [0.4, 0.5) is 5.69 Å². The number of rotatable bonds is 2. The van der Waals surface area contributed by atoms with Gasteiger partial charge in [-0.2, -0.15) is 0 Å². The lowest BCUT2D eigenvalue weighted by molar-refractivity contribution is 0.307. The number of aryl methyl sites for hydroxylation is 4. The lowest BCUT2D eigenvalue weighted by atomic mass is 9.98. The molecule has 1 atom stereocenters. The van der Waals surface area contributed by atoms with E-state index in [1.807, 2.05) is 0 Å². The van der Waals surface area contributed by atoms with E-state index >= 15 is 0 Å². The first kappa shape index (κ1) is 18.9. The Morgan fingerprint density at radius 1 is 1.07 bits per heavy atom. The summed E-state index contributed by atoms with van der Waals surface area (Å²) >= 11 is 5.72. The summed E-state index contributed by atoms with van der Waals surface area (Å²) in [5, 5.41) is 4.22. The Morgan fingerprint density at radius 2 is 1.82 bits per heavy atom. The quantitative estimate of drug-likeness (QED) is 0.575. The fraction of sp³-hybridized carbons (Fsp3) is 0.391. The molecule has 0 amide bonds. The van der Waals surface area contributed by atoms with Gasteiger partial charge in [-0.05, 0) is 99.3 Å². The van der Waals surface area contributed by atoms with Crippen molar-refractivity contribution in [3.05, 3.63) is 58.4 Å². The fourth-order valence-electron chi connectivity index (χ4n) is 3.89. The second-order valence-electron chi connectivity index (χ2n) is 8.09. The summed E-state index contributed by atoms with van der Waals surface area (Å²) in [6.45, 7) is 10.4. The molecule has 0 radical (unpaired) electrons. The molecule has 3 aromatic rings. The van der Waals surface area contributed by atoms with E-state index in [0.717, 1.165) is 53.6 Å². The third-order valence-electron chi connectivity index (χ3n) is 5.97. The molecule has 0 unspecified atom stereocenters. The van der Waals surface area contributed by atoms with Gasteiger partial charge in [0.25, 0.3) is 0 Å². The minimum absolute atomic E-state index is 0.376. The van der Waals surface area contributed by atoms with Crippen molar-refractivity contribution in [3.63, 3.8) is 0 Å². The van der Waals surface area contributed by atoms with Crippen LogP contribution in [-0.4, -0.2) is 33.1 Å². The highest BCUT2D eigenvalue weighted by molar-refractivity contribution is 7.80. The highest BCUT2D eigenvalue weighted by Crippen LogP contribution is 2.28.